The molecule has 0 amide bonds. The van der Waals surface area contributed by atoms with Gasteiger partial charge in [0, 0.05) is 6.42 Å². The molecule has 2 atom stereocenters. The predicted octanol–water partition coefficient (Wildman–Crippen LogP) is 2.84. The molecule has 0 rings (SSSR count). The SMILES string of the molecule is C=C(C)C(CC(Br)Br)O[PH](=O)O. The lowest BCUT2D eigenvalue weighted by molar-refractivity contribution is 0.215. The Bertz CT molecular complexity index is 184. The third kappa shape index (κ3) is 6.38. The van der Waals surface area contributed by atoms with Crippen molar-refractivity contribution in [3.63, 3.8) is 0 Å². The molecule has 0 saturated heterocycles. The Morgan fingerprint density at radius 2 is 2.25 bits per heavy atom. The smallest absolute Gasteiger partial charge is 0.317 e. The third-order valence-electron chi connectivity index (χ3n) is 1.18. The Morgan fingerprint density at radius 3 is 2.50 bits per heavy atom. The molecule has 0 radical (unpaired) electrons. The van der Waals surface area contributed by atoms with Crippen molar-refractivity contribution in [2.45, 2.75) is 23.2 Å². The standard InChI is InChI=1S/C6H11Br2O3P/c1-4(2)5(3-6(7)8)11-12(9)10/h5-6,12H,1,3H2,2H3,(H,9,10). The second-order valence-electron chi connectivity index (χ2n) is 2.35. The van der Waals surface area contributed by atoms with Crippen molar-refractivity contribution in [1.82, 2.24) is 0 Å². The maximum absolute atomic E-state index is 10.4. The van der Waals surface area contributed by atoms with Gasteiger partial charge in [0.05, 0.1) is 9.84 Å². The largest absolute Gasteiger partial charge is 0.326 e. The number of rotatable bonds is 5. The molecule has 0 aromatic carbocycles. The second kappa shape index (κ2) is 6.33. The van der Waals surface area contributed by atoms with Crippen LogP contribution in [0.4, 0.5) is 0 Å². The van der Waals surface area contributed by atoms with Crippen LogP contribution in [0.5, 0.6) is 0 Å². The van der Waals surface area contributed by atoms with Crippen molar-refractivity contribution in [2.24, 2.45) is 0 Å². The van der Waals surface area contributed by atoms with E-state index in [1.807, 2.05) is 0 Å². The lowest BCUT2D eigenvalue weighted by atomic mass is 10.1. The molecule has 0 aliphatic heterocycles. The number of hydrogen-bond donors (Lipinski definition) is 1. The molecule has 0 aliphatic carbocycles. The highest BCUT2D eigenvalue weighted by Gasteiger charge is 2.15. The van der Waals surface area contributed by atoms with Gasteiger partial charge in [0.15, 0.2) is 0 Å². The van der Waals surface area contributed by atoms with Crippen LogP contribution in [0.15, 0.2) is 12.2 Å². The van der Waals surface area contributed by atoms with Crippen LogP contribution in [0.3, 0.4) is 0 Å². The average molecular weight is 322 g/mol. The summed E-state index contributed by atoms with van der Waals surface area (Å²) >= 11 is 6.51. The minimum atomic E-state index is -2.88. The fourth-order valence-corrected chi connectivity index (χ4v) is 1.85. The first-order chi connectivity index (χ1) is 5.43. The Labute approximate surface area is 89.4 Å². The van der Waals surface area contributed by atoms with Gasteiger partial charge in [-0.25, -0.2) is 0 Å². The molecule has 0 aromatic rings. The molecular formula is C6H11Br2O3P. The molecule has 0 fully saturated rings. The summed E-state index contributed by atoms with van der Waals surface area (Å²) < 4.78 is 15.2. The molecule has 12 heavy (non-hydrogen) atoms. The normalized spacial score (nSPS) is 16.1. The van der Waals surface area contributed by atoms with Crippen LogP contribution in [0.1, 0.15) is 13.3 Å². The van der Waals surface area contributed by atoms with E-state index >= 15 is 0 Å². The monoisotopic (exact) mass is 320 g/mol. The molecule has 3 nitrogen and oxygen atoms in total. The van der Waals surface area contributed by atoms with Crippen molar-refractivity contribution in [3.05, 3.63) is 12.2 Å². The summed E-state index contributed by atoms with van der Waals surface area (Å²) in [5.41, 5.74) is 0.742. The third-order valence-corrected chi connectivity index (χ3v) is 2.42. The molecule has 72 valence electrons. The maximum Gasteiger partial charge on any atom is 0.317 e. The summed E-state index contributed by atoms with van der Waals surface area (Å²) in [5, 5.41) is 0. The first-order valence-electron chi connectivity index (χ1n) is 3.26. The van der Waals surface area contributed by atoms with Crippen LogP contribution in [0, 0.1) is 0 Å². The highest BCUT2D eigenvalue weighted by atomic mass is 79.9. The first kappa shape index (κ1) is 12.8. The minimum Gasteiger partial charge on any atom is -0.326 e. The maximum atomic E-state index is 10.4. The number of hydrogen-bond acceptors (Lipinski definition) is 2. The summed E-state index contributed by atoms with van der Waals surface area (Å²) in [7, 11) is -2.88. The van der Waals surface area contributed by atoms with Crippen molar-refractivity contribution in [2.75, 3.05) is 0 Å². The van der Waals surface area contributed by atoms with E-state index < -0.39 is 8.25 Å². The highest BCUT2D eigenvalue weighted by molar-refractivity contribution is 9.24. The first-order valence-corrected chi connectivity index (χ1v) is 6.36. The van der Waals surface area contributed by atoms with E-state index in [-0.39, 0.29) is 9.84 Å². The highest BCUT2D eigenvalue weighted by Crippen LogP contribution is 2.27. The lowest BCUT2D eigenvalue weighted by Crippen LogP contribution is -2.13. The van der Waals surface area contributed by atoms with Crippen LogP contribution in [0.25, 0.3) is 0 Å². The van der Waals surface area contributed by atoms with Crippen LogP contribution >= 0.6 is 40.1 Å². The fraction of sp³-hybridized carbons (Fsp3) is 0.667. The summed E-state index contributed by atoms with van der Waals surface area (Å²) in [5.74, 6) is 0. The van der Waals surface area contributed by atoms with E-state index in [9.17, 15) is 4.57 Å². The van der Waals surface area contributed by atoms with E-state index in [2.05, 4.69) is 38.4 Å². The summed E-state index contributed by atoms with van der Waals surface area (Å²) in [4.78, 5) is 8.54. The van der Waals surface area contributed by atoms with Gasteiger partial charge in [0.1, 0.15) is 0 Å². The van der Waals surface area contributed by atoms with Crippen LogP contribution in [-0.4, -0.2) is 14.7 Å². The van der Waals surface area contributed by atoms with Crippen molar-refractivity contribution >= 4 is 40.1 Å². The Morgan fingerprint density at radius 1 is 1.75 bits per heavy atom. The van der Waals surface area contributed by atoms with E-state index in [1.54, 1.807) is 6.92 Å². The zero-order valence-electron chi connectivity index (χ0n) is 6.59. The fourth-order valence-electron chi connectivity index (χ4n) is 0.633. The van der Waals surface area contributed by atoms with Gasteiger partial charge in [0.2, 0.25) is 0 Å². The molecule has 0 heterocycles. The van der Waals surface area contributed by atoms with Gasteiger partial charge in [-0.15, -0.1) is 0 Å². The van der Waals surface area contributed by atoms with E-state index in [1.165, 1.54) is 0 Å². The van der Waals surface area contributed by atoms with Crippen LogP contribution in [0.2, 0.25) is 0 Å². The average Bonchev–Trinajstić information content (AvgIpc) is 1.83. The Kier molecular flexibility index (Phi) is 6.77. The summed E-state index contributed by atoms with van der Waals surface area (Å²) in [6, 6.07) is 0. The van der Waals surface area contributed by atoms with Gasteiger partial charge in [0.25, 0.3) is 0 Å². The molecule has 6 heteroatoms. The lowest BCUT2D eigenvalue weighted by Gasteiger charge is -2.16. The molecule has 1 N–H and O–H groups in total. The molecule has 0 aliphatic rings. The van der Waals surface area contributed by atoms with Crippen molar-refractivity contribution in [3.8, 4) is 0 Å². The molecule has 0 spiro atoms. The Hall–Kier alpha value is 0.850. The summed E-state index contributed by atoms with van der Waals surface area (Å²) in [6.45, 7) is 5.42. The summed E-state index contributed by atoms with van der Waals surface area (Å²) in [6.07, 6.45) is 0.205. The molecule has 0 aromatic heterocycles. The van der Waals surface area contributed by atoms with Gasteiger partial charge in [-0.3, -0.25) is 4.57 Å². The van der Waals surface area contributed by atoms with E-state index in [0.29, 0.717) is 6.42 Å². The number of halogens is 2. The van der Waals surface area contributed by atoms with Crippen LogP contribution < -0.4 is 0 Å². The minimum absolute atomic E-state index is 0.0630. The Balaban J connectivity index is 4.04. The van der Waals surface area contributed by atoms with Gasteiger partial charge >= 0.3 is 8.25 Å². The van der Waals surface area contributed by atoms with E-state index in [4.69, 9.17) is 9.42 Å². The molecular weight excluding hydrogens is 311 g/mol. The zero-order valence-corrected chi connectivity index (χ0v) is 10.8. The van der Waals surface area contributed by atoms with Crippen molar-refractivity contribution < 1.29 is 14.0 Å². The molecule has 0 bridgehead atoms. The molecule has 2 unspecified atom stereocenters. The van der Waals surface area contributed by atoms with Crippen molar-refractivity contribution in [1.29, 1.82) is 0 Å². The van der Waals surface area contributed by atoms with Crippen LogP contribution in [-0.2, 0) is 9.09 Å². The molecule has 0 saturated carbocycles. The van der Waals surface area contributed by atoms with E-state index in [0.717, 1.165) is 5.57 Å². The second-order valence-corrected chi connectivity index (χ2v) is 6.55. The van der Waals surface area contributed by atoms with Gasteiger partial charge in [-0.1, -0.05) is 44.0 Å². The zero-order chi connectivity index (χ0) is 9.72. The predicted molar refractivity (Wildman–Crippen MR) is 57.2 cm³/mol. The van der Waals surface area contributed by atoms with Gasteiger partial charge < -0.3 is 9.42 Å². The number of alkyl halides is 2. The van der Waals surface area contributed by atoms with Gasteiger partial charge in [-0.05, 0) is 6.92 Å². The van der Waals surface area contributed by atoms with Gasteiger partial charge in [-0.2, -0.15) is 0 Å². The quantitative estimate of drug-likeness (QED) is 0.481. The topological polar surface area (TPSA) is 46.5 Å².